The average Bonchev–Trinajstić information content (AvgIpc) is 2.27. The Labute approximate surface area is 99.9 Å². The maximum Gasteiger partial charge on any atom is 0.172 e. The largest absolute Gasteiger partial charge is 0.392 e. The molecule has 0 spiro atoms. The number of nitrogens with two attached hydrogens (primary N) is 1. The average molecular weight is 232 g/mol. The van der Waals surface area contributed by atoms with Crippen molar-refractivity contribution in [3.63, 3.8) is 0 Å². The number of aliphatic hydroxyl groups excluding tert-OH is 1. The first-order chi connectivity index (χ1) is 8.08. The van der Waals surface area contributed by atoms with E-state index in [4.69, 9.17) is 5.73 Å². The summed E-state index contributed by atoms with van der Waals surface area (Å²) in [4.78, 5) is 10.6. The zero-order valence-corrected chi connectivity index (χ0v) is 9.96. The van der Waals surface area contributed by atoms with Crippen LogP contribution < -0.4 is 10.6 Å². The van der Waals surface area contributed by atoms with Crippen molar-refractivity contribution in [2.75, 3.05) is 24.2 Å². The highest BCUT2D eigenvalue weighted by Crippen LogP contribution is 2.21. The molecule has 17 heavy (non-hydrogen) atoms. The summed E-state index contributed by atoms with van der Waals surface area (Å²) in [5.41, 5.74) is 7.44. The lowest BCUT2D eigenvalue weighted by Gasteiger charge is -2.20. The number of hydrogen-bond donors (Lipinski definition) is 2. The van der Waals surface area contributed by atoms with Crippen LogP contribution in [0.4, 0.5) is 11.6 Å². The Bertz CT molecular complexity index is 527. The van der Waals surface area contributed by atoms with Crippen LogP contribution in [0.5, 0.6) is 0 Å². The molecule has 0 saturated carbocycles. The van der Waals surface area contributed by atoms with Crippen LogP contribution in [0.15, 0.2) is 24.3 Å². The number of rotatable bonds is 3. The van der Waals surface area contributed by atoms with Crippen molar-refractivity contribution in [1.29, 1.82) is 0 Å². The highest BCUT2D eigenvalue weighted by molar-refractivity contribution is 5.79. The van der Waals surface area contributed by atoms with Gasteiger partial charge in [0.15, 0.2) is 11.6 Å². The van der Waals surface area contributed by atoms with Gasteiger partial charge in [-0.05, 0) is 19.1 Å². The van der Waals surface area contributed by atoms with E-state index in [9.17, 15) is 5.11 Å². The Hall–Kier alpha value is -1.88. The Morgan fingerprint density at radius 3 is 2.47 bits per heavy atom. The molecule has 1 atom stereocenters. The third-order valence-corrected chi connectivity index (χ3v) is 2.48. The van der Waals surface area contributed by atoms with Crippen LogP contribution in [0, 0.1) is 0 Å². The number of likely N-dealkylation sites (N-methyl/N-ethyl adjacent to an activating group) is 1. The van der Waals surface area contributed by atoms with Crippen LogP contribution in [0.1, 0.15) is 6.92 Å². The molecule has 1 unspecified atom stereocenters. The van der Waals surface area contributed by atoms with Gasteiger partial charge in [-0.25, -0.2) is 9.97 Å². The van der Waals surface area contributed by atoms with E-state index in [0.29, 0.717) is 18.2 Å². The lowest BCUT2D eigenvalue weighted by atomic mass is 10.3. The molecule has 5 nitrogen and oxygen atoms in total. The number of fused-ring (bicyclic) bond motifs is 1. The van der Waals surface area contributed by atoms with Crippen LogP contribution >= 0.6 is 0 Å². The van der Waals surface area contributed by atoms with Gasteiger partial charge in [0.2, 0.25) is 0 Å². The van der Waals surface area contributed by atoms with Gasteiger partial charge in [-0.3, -0.25) is 0 Å². The summed E-state index contributed by atoms with van der Waals surface area (Å²) in [5, 5.41) is 9.36. The van der Waals surface area contributed by atoms with Gasteiger partial charge in [-0.15, -0.1) is 0 Å². The minimum atomic E-state index is -0.437. The molecule has 5 heteroatoms. The highest BCUT2D eigenvalue weighted by Gasteiger charge is 2.11. The second-order valence-corrected chi connectivity index (χ2v) is 4.15. The van der Waals surface area contributed by atoms with Gasteiger partial charge < -0.3 is 15.7 Å². The summed E-state index contributed by atoms with van der Waals surface area (Å²) in [7, 11) is 1.84. The van der Waals surface area contributed by atoms with Crippen molar-refractivity contribution in [2.45, 2.75) is 13.0 Å². The molecule has 0 fully saturated rings. The third kappa shape index (κ3) is 2.45. The fourth-order valence-electron chi connectivity index (χ4n) is 1.77. The first-order valence-corrected chi connectivity index (χ1v) is 5.49. The maximum absolute atomic E-state index is 9.36. The summed E-state index contributed by atoms with van der Waals surface area (Å²) in [6, 6.07) is 7.57. The summed E-state index contributed by atoms with van der Waals surface area (Å²) >= 11 is 0. The van der Waals surface area contributed by atoms with Crippen molar-refractivity contribution in [3.8, 4) is 0 Å². The lowest BCUT2D eigenvalue weighted by molar-refractivity contribution is 0.201. The van der Waals surface area contributed by atoms with Gasteiger partial charge in [0.25, 0.3) is 0 Å². The molecule has 0 aliphatic carbocycles. The summed E-state index contributed by atoms with van der Waals surface area (Å²) < 4.78 is 0. The Kier molecular flexibility index (Phi) is 3.10. The van der Waals surface area contributed by atoms with E-state index in [1.807, 2.05) is 31.3 Å². The standard InChI is InChI=1S/C12H16N4O/c1-8(17)7-16(2)12-11(13)14-9-5-3-4-6-10(9)15-12/h3-6,8,17H,7H2,1-2H3,(H2,13,14). The number of nitrogens with zero attached hydrogens (tertiary/aromatic N) is 3. The molecular weight excluding hydrogens is 216 g/mol. The summed E-state index contributed by atoms with van der Waals surface area (Å²) in [6.45, 7) is 2.19. The molecule has 0 aliphatic rings. The zero-order chi connectivity index (χ0) is 12.4. The number of para-hydroxylation sites is 2. The number of hydrogen-bond acceptors (Lipinski definition) is 5. The molecule has 2 aromatic rings. The van der Waals surface area contributed by atoms with Gasteiger partial charge in [-0.2, -0.15) is 0 Å². The normalized spacial score (nSPS) is 12.6. The number of aliphatic hydroxyl groups is 1. The fraction of sp³-hybridized carbons (Fsp3) is 0.333. The van der Waals surface area contributed by atoms with E-state index in [2.05, 4.69) is 9.97 Å². The van der Waals surface area contributed by atoms with Crippen LogP contribution in [0.2, 0.25) is 0 Å². The minimum absolute atomic E-state index is 0.381. The van der Waals surface area contributed by atoms with Gasteiger partial charge in [0.1, 0.15) is 0 Å². The van der Waals surface area contributed by atoms with E-state index in [0.717, 1.165) is 11.0 Å². The Morgan fingerprint density at radius 1 is 1.29 bits per heavy atom. The summed E-state index contributed by atoms with van der Waals surface area (Å²) in [5.74, 6) is 0.983. The molecule has 0 bridgehead atoms. The molecular formula is C12H16N4O. The minimum Gasteiger partial charge on any atom is -0.392 e. The van der Waals surface area contributed by atoms with E-state index < -0.39 is 6.10 Å². The first kappa shape index (κ1) is 11.6. The molecule has 0 amide bonds. The molecule has 1 aromatic carbocycles. The predicted molar refractivity (Wildman–Crippen MR) is 68.9 cm³/mol. The third-order valence-electron chi connectivity index (χ3n) is 2.48. The molecule has 0 aliphatic heterocycles. The number of nitrogen functional groups attached to an aromatic ring is 1. The summed E-state index contributed by atoms with van der Waals surface area (Å²) in [6.07, 6.45) is -0.437. The molecule has 2 rings (SSSR count). The molecule has 0 radical (unpaired) electrons. The van der Waals surface area contributed by atoms with Gasteiger partial charge >= 0.3 is 0 Å². The SMILES string of the molecule is CC(O)CN(C)c1nc2ccccc2nc1N. The lowest BCUT2D eigenvalue weighted by Crippen LogP contribution is -2.28. The highest BCUT2D eigenvalue weighted by atomic mass is 16.3. The van der Waals surface area contributed by atoms with Gasteiger partial charge in [0, 0.05) is 13.6 Å². The zero-order valence-electron chi connectivity index (χ0n) is 9.96. The predicted octanol–water partition coefficient (Wildman–Crippen LogP) is 1.03. The molecule has 90 valence electrons. The number of aromatic nitrogens is 2. The second kappa shape index (κ2) is 4.55. The monoisotopic (exact) mass is 232 g/mol. The smallest absolute Gasteiger partial charge is 0.172 e. The van der Waals surface area contributed by atoms with E-state index in [1.54, 1.807) is 11.8 Å². The number of benzene rings is 1. The molecule has 3 N–H and O–H groups in total. The van der Waals surface area contributed by atoms with Crippen LogP contribution in [0.25, 0.3) is 11.0 Å². The van der Waals surface area contributed by atoms with Crippen molar-refractivity contribution in [2.24, 2.45) is 0 Å². The van der Waals surface area contributed by atoms with Crippen LogP contribution in [-0.2, 0) is 0 Å². The topological polar surface area (TPSA) is 75.3 Å². The second-order valence-electron chi connectivity index (χ2n) is 4.15. The van der Waals surface area contributed by atoms with E-state index in [-0.39, 0.29) is 0 Å². The maximum atomic E-state index is 9.36. The van der Waals surface area contributed by atoms with Crippen molar-refractivity contribution in [3.05, 3.63) is 24.3 Å². The first-order valence-electron chi connectivity index (χ1n) is 5.49. The van der Waals surface area contributed by atoms with Crippen molar-refractivity contribution < 1.29 is 5.11 Å². The van der Waals surface area contributed by atoms with Crippen LogP contribution in [0.3, 0.4) is 0 Å². The van der Waals surface area contributed by atoms with Crippen molar-refractivity contribution in [1.82, 2.24) is 9.97 Å². The van der Waals surface area contributed by atoms with E-state index in [1.165, 1.54) is 0 Å². The Balaban J connectivity index is 2.43. The molecule has 0 saturated heterocycles. The quantitative estimate of drug-likeness (QED) is 0.826. The molecule has 1 heterocycles. The van der Waals surface area contributed by atoms with Gasteiger partial charge in [-0.1, -0.05) is 12.1 Å². The van der Waals surface area contributed by atoms with Crippen molar-refractivity contribution >= 4 is 22.7 Å². The van der Waals surface area contributed by atoms with E-state index >= 15 is 0 Å². The number of anilines is 2. The molecule has 1 aromatic heterocycles. The van der Waals surface area contributed by atoms with Crippen LogP contribution in [-0.4, -0.2) is 34.8 Å². The van der Waals surface area contributed by atoms with Gasteiger partial charge in [0.05, 0.1) is 17.1 Å². The fourth-order valence-corrected chi connectivity index (χ4v) is 1.77. The Morgan fingerprint density at radius 2 is 1.88 bits per heavy atom.